The van der Waals surface area contributed by atoms with Crippen LogP contribution in [0.1, 0.15) is 17.5 Å². The Morgan fingerprint density at radius 3 is 2.44 bits per heavy atom. The van der Waals surface area contributed by atoms with Gasteiger partial charge in [0.05, 0.1) is 11.8 Å². The first-order chi connectivity index (χ1) is 12.0. The Hall–Kier alpha value is -2.33. The van der Waals surface area contributed by atoms with Crippen LogP contribution in [0.5, 0.6) is 0 Å². The van der Waals surface area contributed by atoms with E-state index in [2.05, 4.69) is 10.6 Å². The molecule has 0 heterocycles. The summed E-state index contributed by atoms with van der Waals surface area (Å²) in [5, 5.41) is 6.53. The highest BCUT2D eigenvalue weighted by Crippen LogP contribution is 2.39. The van der Waals surface area contributed by atoms with Crippen molar-refractivity contribution in [2.45, 2.75) is 19.8 Å². The second-order valence-corrected chi connectivity index (χ2v) is 6.86. The summed E-state index contributed by atoms with van der Waals surface area (Å²) < 4.78 is 0. The molecule has 2 atom stereocenters. The van der Waals surface area contributed by atoms with Crippen molar-refractivity contribution in [3.05, 3.63) is 64.7 Å². The van der Waals surface area contributed by atoms with E-state index in [1.807, 2.05) is 55.5 Å². The molecule has 0 radical (unpaired) electrons. The maximum atomic E-state index is 12.3. The third kappa shape index (κ3) is 4.60. The van der Waals surface area contributed by atoms with Crippen LogP contribution in [0.4, 0.5) is 5.69 Å². The van der Waals surface area contributed by atoms with Crippen molar-refractivity contribution in [3.63, 3.8) is 0 Å². The summed E-state index contributed by atoms with van der Waals surface area (Å²) in [7, 11) is 0. The predicted octanol–water partition coefficient (Wildman–Crippen LogP) is 3.58. The summed E-state index contributed by atoms with van der Waals surface area (Å²) in [6.07, 6.45) is 1.36. The van der Waals surface area contributed by atoms with E-state index < -0.39 is 0 Å². The fourth-order valence-corrected chi connectivity index (χ4v) is 2.95. The average Bonchev–Trinajstić information content (AvgIpc) is 3.39. The molecule has 3 rings (SSSR count). The van der Waals surface area contributed by atoms with Crippen LogP contribution in [0.3, 0.4) is 0 Å². The van der Waals surface area contributed by atoms with Gasteiger partial charge in [-0.3, -0.25) is 9.59 Å². The minimum atomic E-state index is -0.227. The maximum absolute atomic E-state index is 12.3. The van der Waals surface area contributed by atoms with E-state index in [1.54, 1.807) is 0 Å². The Balaban J connectivity index is 1.43. The van der Waals surface area contributed by atoms with Gasteiger partial charge in [0.15, 0.2) is 0 Å². The highest BCUT2D eigenvalue weighted by Gasteiger charge is 2.47. The molecule has 1 aliphatic carbocycles. The SMILES string of the molecule is Cc1ccccc1NC(=O)C1CC1C(=O)NCCc1ccc(Cl)cc1. The van der Waals surface area contributed by atoms with Crippen molar-refractivity contribution >= 4 is 29.1 Å². The fourth-order valence-electron chi connectivity index (χ4n) is 2.83. The lowest BCUT2D eigenvalue weighted by atomic mass is 10.1. The van der Waals surface area contributed by atoms with Crippen molar-refractivity contribution in [2.24, 2.45) is 11.8 Å². The highest BCUT2D eigenvalue weighted by atomic mass is 35.5. The summed E-state index contributed by atoms with van der Waals surface area (Å²) in [4.78, 5) is 24.4. The first-order valence-corrected chi connectivity index (χ1v) is 8.81. The number of aryl methyl sites for hydroxylation is 1. The van der Waals surface area contributed by atoms with E-state index in [4.69, 9.17) is 11.6 Å². The largest absolute Gasteiger partial charge is 0.356 e. The Morgan fingerprint density at radius 1 is 1.04 bits per heavy atom. The van der Waals surface area contributed by atoms with Gasteiger partial charge in [-0.25, -0.2) is 0 Å². The number of benzene rings is 2. The van der Waals surface area contributed by atoms with E-state index in [1.165, 1.54) is 0 Å². The number of nitrogens with one attached hydrogen (secondary N) is 2. The number of para-hydroxylation sites is 1. The lowest BCUT2D eigenvalue weighted by Gasteiger charge is -2.08. The minimum absolute atomic E-state index is 0.0427. The minimum Gasteiger partial charge on any atom is -0.356 e. The number of hydrogen-bond acceptors (Lipinski definition) is 2. The Bertz CT molecular complexity index is 774. The molecule has 0 spiro atoms. The number of anilines is 1. The summed E-state index contributed by atoms with van der Waals surface area (Å²) in [5.41, 5.74) is 2.94. The molecule has 0 aliphatic heterocycles. The molecule has 0 saturated heterocycles. The van der Waals surface area contributed by atoms with Gasteiger partial charge in [0.25, 0.3) is 0 Å². The molecular formula is C20H21ClN2O2. The van der Waals surface area contributed by atoms with Gasteiger partial charge in [0, 0.05) is 17.3 Å². The van der Waals surface area contributed by atoms with E-state index in [0.29, 0.717) is 18.0 Å². The van der Waals surface area contributed by atoms with Crippen LogP contribution in [-0.4, -0.2) is 18.4 Å². The molecule has 5 heteroatoms. The third-order valence-electron chi connectivity index (χ3n) is 4.49. The quantitative estimate of drug-likeness (QED) is 0.831. The molecule has 0 aromatic heterocycles. The summed E-state index contributed by atoms with van der Waals surface area (Å²) in [5.74, 6) is -0.560. The van der Waals surface area contributed by atoms with Crippen molar-refractivity contribution in [1.82, 2.24) is 5.32 Å². The van der Waals surface area contributed by atoms with Gasteiger partial charge in [-0.05, 0) is 49.1 Å². The summed E-state index contributed by atoms with van der Waals surface area (Å²) in [6, 6.07) is 15.2. The maximum Gasteiger partial charge on any atom is 0.228 e. The van der Waals surface area contributed by atoms with Gasteiger partial charge in [0.1, 0.15) is 0 Å². The molecule has 1 aliphatic rings. The van der Waals surface area contributed by atoms with Crippen LogP contribution in [0, 0.1) is 18.8 Å². The van der Waals surface area contributed by atoms with Crippen LogP contribution >= 0.6 is 11.6 Å². The Morgan fingerprint density at radius 2 is 1.72 bits per heavy atom. The molecule has 25 heavy (non-hydrogen) atoms. The molecule has 2 aromatic carbocycles. The number of carbonyl (C=O) groups excluding carboxylic acids is 2. The molecule has 2 N–H and O–H groups in total. The number of amides is 2. The molecule has 2 aromatic rings. The fraction of sp³-hybridized carbons (Fsp3) is 0.300. The molecule has 1 saturated carbocycles. The van der Waals surface area contributed by atoms with Gasteiger partial charge in [-0.15, -0.1) is 0 Å². The lowest BCUT2D eigenvalue weighted by molar-refractivity contribution is -0.125. The van der Waals surface area contributed by atoms with Gasteiger partial charge in [-0.1, -0.05) is 41.9 Å². The average molecular weight is 357 g/mol. The zero-order chi connectivity index (χ0) is 17.8. The first kappa shape index (κ1) is 17.5. The van der Waals surface area contributed by atoms with E-state index in [0.717, 1.165) is 23.2 Å². The smallest absolute Gasteiger partial charge is 0.228 e. The van der Waals surface area contributed by atoms with Crippen molar-refractivity contribution in [1.29, 1.82) is 0 Å². The van der Waals surface area contributed by atoms with Gasteiger partial charge in [-0.2, -0.15) is 0 Å². The molecule has 1 fully saturated rings. The second kappa shape index (κ2) is 7.70. The highest BCUT2D eigenvalue weighted by molar-refractivity contribution is 6.30. The second-order valence-electron chi connectivity index (χ2n) is 6.42. The van der Waals surface area contributed by atoms with Crippen LogP contribution in [0.15, 0.2) is 48.5 Å². The molecule has 2 amide bonds. The van der Waals surface area contributed by atoms with E-state index in [-0.39, 0.29) is 23.7 Å². The number of rotatable bonds is 6. The van der Waals surface area contributed by atoms with E-state index in [9.17, 15) is 9.59 Å². The molecular weight excluding hydrogens is 336 g/mol. The van der Waals surface area contributed by atoms with Crippen LogP contribution < -0.4 is 10.6 Å². The Labute approximate surface area is 152 Å². The van der Waals surface area contributed by atoms with E-state index >= 15 is 0 Å². The van der Waals surface area contributed by atoms with Crippen molar-refractivity contribution in [2.75, 3.05) is 11.9 Å². The molecule has 0 bridgehead atoms. The van der Waals surface area contributed by atoms with Crippen LogP contribution in [-0.2, 0) is 16.0 Å². The van der Waals surface area contributed by atoms with Gasteiger partial charge >= 0.3 is 0 Å². The van der Waals surface area contributed by atoms with Crippen LogP contribution in [0.25, 0.3) is 0 Å². The van der Waals surface area contributed by atoms with Crippen LogP contribution in [0.2, 0.25) is 5.02 Å². The standard InChI is InChI=1S/C20H21ClN2O2/c1-13-4-2-3-5-18(13)23-20(25)17-12-16(17)19(24)22-11-10-14-6-8-15(21)9-7-14/h2-9,16-17H,10-12H2,1H3,(H,22,24)(H,23,25). The number of halogens is 1. The number of hydrogen-bond donors (Lipinski definition) is 2. The molecule has 2 unspecified atom stereocenters. The lowest BCUT2D eigenvalue weighted by Crippen LogP contribution is -2.29. The molecule has 4 nitrogen and oxygen atoms in total. The van der Waals surface area contributed by atoms with Gasteiger partial charge in [0.2, 0.25) is 11.8 Å². The first-order valence-electron chi connectivity index (χ1n) is 8.43. The van der Waals surface area contributed by atoms with Crippen molar-refractivity contribution in [3.8, 4) is 0 Å². The third-order valence-corrected chi connectivity index (χ3v) is 4.75. The zero-order valence-corrected chi connectivity index (χ0v) is 14.8. The predicted molar refractivity (Wildman–Crippen MR) is 99.6 cm³/mol. The monoisotopic (exact) mass is 356 g/mol. The summed E-state index contributed by atoms with van der Waals surface area (Å²) in [6.45, 7) is 2.51. The van der Waals surface area contributed by atoms with Gasteiger partial charge < -0.3 is 10.6 Å². The molecule has 130 valence electrons. The topological polar surface area (TPSA) is 58.2 Å². The normalized spacial score (nSPS) is 18.5. The van der Waals surface area contributed by atoms with Crippen molar-refractivity contribution < 1.29 is 9.59 Å². The zero-order valence-electron chi connectivity index (χ0n) is 14.1. The Kier molecular flexibility index (Phi) is 5.39. The number of carbonyl (C=O) groups is 2. The summed E-state index contributed by atoms with van der Waals surface area (Å²) >= 11 is 5.85.